The molecule has 0 saturated heterocycles. The second kappa shape index (κ2) is 9.33. The van der Waals surface area contributed by atoms with Gasteiger partial charge in [-0.15, -0.1) is 11.8 Å². The molecule has 0 aromatic rings. The van der Waals surface area contributed by atoms with Gasteiger partial charge < -0.3 is 10.6 Å². The molecule has 0 fully saturated rings. The van der Waals surface area contributed by atoms with E-state index in [4.69, 9.17) is 0 Å². The maximum absolute atomic E-state index is 4.33. The van der Waals surface area contributed by atoms with Gasteiger partial charge in [-0.25, -0.2) is 4.99 Å². The standard InChI is InChI=1S/C12H23N3S/c1-6-14-12(15-7-2)11(13-5)9-10(4)16-8-3/h6,13,15H,4,7-9H2,1-3,5H3/b12-11+,14-6?. The highest BCUT2D eigenvalue weighted by atomic mass is 32.2. The van der Waals surface area contributed by atoms with E-state index in [0.29, 0.717) is 0 Å². The molecule has 4 heteroatoms. The molecule has 3 nitrogen and oxygen atoms in total. The molecule has 0 atom stereocenters. The van der Waals surface area contributed by atoms with Crippen LogP contribution in [0, 0.1) is 0 Å². The van der Waals surface area contributed by atoms with Crippen molar-refractivity contribution in [3.8, 4) is 0 Å². The van der Waals surface area contributed by atoms with Crippen molar-refractivity contribution in [2.45, 2.75) is 27.2 Å². The molecule has 92 valence electrons. The molecule has 0 bridgehead atoms. The van der Waals surface area contributed by atoms with Crippen LogP contribution in [-0.4, -0.2) is 25.6 Å². The highest BCUT2D eigenvalue weighted by Crippen LogP contribution is 2.21. The van der Waals surface area contributed by atoms with E-state index in [-0.39, 0.29) is 0 Å². The fourth-order valence-electron chi connectivity index (χ4n) is 1.27. The first kappa shape index (κ1) is 15.1. The SMILES string of the molecule is C=C(C/C(NC)=C(/N=CC)NCC)SCC. The Morgan fingerprint density at radius 1 is 1.44 bits per heavy atom. The van der Waals surface area contributed by atoms with E-state index < -0.39 is 0 Å². The summed E-state index contributed by atoms with van der Waals surface area (Å²) >= 11 is 1.78. The summed E-state index contributed by atoms with van der Waals surface area (Å²) in [5.41, 5.74) is 1.09. The summed E-state index contributed by atoms with van der Waals surface area (Å²) in [5.74, 6) is 1.97. The zero-order chi connectivity index (χ0) is 12.4. The molecule has 0 saturated carbocycles. The van der Waals surface area contributed by atoms with Gasteiger partial charge in [-0.3, -0.25) is 0 Å². The van der Waals surface area contributed by atoms with Gasteiger partial charge >= 0.3 is 0 Å². The smallest absolute Gasteiger partial charge is 0.145 e. The zero-order valence-corrected chi connectivity index (χ0v) is 11.6. The van der Waals surface area contributed by atoms with E-state index in [0.717, 1.165) is 35.1 Å². The molecule has 0 amide bonds. The van der Waals surface area contributed by atoms with Crippen molar-refractivity contribution in [1.29, 1.82) is 0 Å². The maximum atomic E-state index is 4.33. The summed E-state index contributed by atoms with van der Waals surface area (Å²) in [6.45, 7) is 11.0. The molecular formula is C12H23N3S. The van der Waals surface area contributed by atoms with E-state index in [2.05, 4.69) is 36.1 Å². The Morgan fingerprint density at radius 2 is 2.12 bits per heavy atom. The van der Waals surface area contributed by atoms with Gasteiger partial charge in [0.05, 0.1) is 5.70 Å². The van der Waals surface area contributed by atoms with Gasteiger partial charge in [-0.1, -0.05) is 13.5 Å². The number of aliphatic imine (C=N–C) groups is 1. The van der Waals surface area contributed by atoms with Crippen LogP contribution in [-0.2, 0) is 0 Å². The molecule has 16 heavy (non-hydrogen) atoms. The average Bonchev–Trinajstić information content (AvgIpc) is 2.26. The summed E-state index contributed by atoms with van der Waals surface area (Å²) in [7, 11) is 1.92. The van der Waals surface area contributed by atoms with Crippen molar-refractivity contribution in [3.63, 3.8) is 0 Å². The molecule has 0 aliphatic carbocycles. The van der Waals surface area contributed by atoms with Crippen LogP contribution >= 0.6 is 11.8 Å². The summed E-state index contributed by atoms with van der Waals surface area (Å²) in [6, 6.07) is 0. The summed E-state index contributed by atoms with van der Waals surface area (Å²) in [4.78, 5) is 5.49. The van der Waals surface area contributed by atoms with Crippen molar-refractivity contribution >= 4 is 18.0 Å². The lowest BCUT2D eigenvalue weighted by atomic mass is 10.3. The lowest BCUT2D eigenvalue weighted by Crippen LogP contribution is -2.19. The summed E-state index contributed by atoms with van der Waals surface area (Å²) in [6.07, 6.45) is 2.62. The highest BCUT2D eigenvalue weighted by molar-refractivity contribution is 8.03. The van der Waals surface area contributed by atoms with Crippen LogP contribution in [0.5, 0.6) is 0 Å². The second-order valence-corrected chi connectivity index (χ2v) is 4.59. The topological polar surface area (TPSA) is 36.4 Å². The van der Waals surface area contributed by atoms with Gasteiger partial charge in [0.1, 0.15) is 5.82 Å². The monoisotopic (exact) mass is 241 g/mol. The number of hydrogen-bond donors (Lipinski definition) is 2. The Balaban J connectivity index is 4.72. The van der Waals surface area contributed by atoms with E-state index >= 15 is 0 Å². The molecule has 2 N–H and O–H groups in total. The van der Waals surface area contributed by atoms with Crippen LogP contribution in [0.2, 0.25) is 0 Å². The molecule has 0 radical (unpaired) electrons. The van der Waals surface area contributed by atoms with E-state index in [9.17, 15) is 0 Å². The maximum Gasteiger partial charge on any atom is 0.145 e. The third-order valence-electron chi connectivity index (χ3n) is 1.91. The third kappa shape index (κ3) is 5.85. The van der Waals surface area contributed by atoms with Crippen molar-refractivity contribution in [1.82, 2.24) is 10.6 Å². The Kier molecular flexibility index (Phi) is 8.81. The number of rotatable bonds is 8. The lowest BCUT2D eigenvalue weighted by Gasteiger charge is -2.13. The number of allylic oxidation sites excluding steroid dienone is 1. The number of nitrogens with one attached hydrogen (secondary N) is 2. The van der Waals surface area contributed by atoms with Crippen molar-refractivity contribution < 1.29 is 0 Å². The first-order valence-electron chi connectivity index (χ1n) is 5.63. The van der Waals surface area contributed by atoms with Crippen molar-refractivity contribution in [3.05, 3.63) is 23.0 Å². The molecule has 0 aliphatic heterocycles. The fraction of sp³-hybridized carbons (Fsp3) is 0.583. The average molecular weight is 241 g/mol. The Bertz CT molecular complexity index is 269. The third-order valence-corrected chi connectivity index (χ3v) is 2.75. The van der Waals surface area contributed by atoms with Crippen LogP contribution in [0.15, 0.2) is 28.0 Å². The van der Waals surface area contributed by atoms with Crippen molar-refractivity contribution in [2.24, 2.45) is 4.99 Å². The minimum absolute atomic E-state index is 0.828. The van der Waals surface area contributed by atoms with E-state index in [1.54, 1.807) is 18.0 Å². The van der Waals surface area contributed by atoms with E-state index in [1.165, 1.54) is 0 Å². The minimum Gasteiger partial charge on any atom is -0.388 e. The Labute approximate surface area is 103 Å². The molecule has 0 spiro atoms. The summed E-state index contributed by atoms with van der Waals surface area (Å²) < 4.78 is 0. The Morgan fingerprint density at radius 3 is 2.56 bits per heavy atom. The molecule has 0 aromatic heterocycles. The first-order chi connectivity index (χ1) is 7.69. The van der Waals surface area contributed by atoms with Crippen LogP contribution in [0.25, 0.3) is 0 Å². The van der Waals surface area contributed by atoms with Gasteiger partial charge in [0.2, 0.25) is 0 Å². The van der Waals surface area contributed by atoms with E-state index in [1.807, 2.05) is 14.0 Å². The predicted molar refractivity (Wildman–Crippen MR) is 75.8 cm³/mol. The van der Waals surface area contributed by atoms with Crippen LogP contribution in [0.1, 0.15) is 27.2 Å². The Hall–Kier alpha value is -0.900. The first-order valence-corrected chi connectivity index (χ1v) is 6.62. The zero-order valence-electron chi connectivity index (χ0n) is 10.8. The van der Waals surface area contributed by atoms with Gasteiger partial charge in [0.15, 0.2) is 0 Å². The summed E-state index contributed by atoms with van der Waals surface area (Å²) in [5, 5.41) is 6.44. The molecule has 0 aromatic carbocycles. The number of hydrogen-bond acceptors (Lipinski definition) is 4. The molecule has 0 unspecified atom stereocenters. The second-order valence-electron chi connectivity index (χ2n) is 3.14. The molecular weight excluding hydrogens is 218 g/mol. The molecule has 0 aliphatic rings. The lowest BCUT2D eigenvalue weighted by molar-refractivity contribution is 0.780. The van der Waals surface area contributed by atoms with Crippen LogP contribution < -0.4 is 10.6 Å². The largest absolute Gasteiger partial charge is 0.388 e. The highest BCUT2D eigenvalue weighted by Gasteiger charge is 2.05. The predicted octanol–water partition coefficient (Wildman–Crippen LogP) is 2.73. The quantitative estimate of drug-likeness (QED) is 0.642. The fourth-order valence-corrected chi connectivity index (χ4v) is 1.92. The minimum atomic E-state index is 0.828. The van der Waals surface area contributed by atoms with Gasteiger partial charge in [0, 0.05) is 26.2 Å². The number of nitrogens with zero attached hydrogens (tertiary/aromatic N) is 1. The van der Waals surface area contributed by atoms with Crippen LogP contribution in [0.3, 0.4) is 0 Å². The van der Waals surface area contributed by atoms with Gasteiger partial charge in [-0.2, -0.15) is 0 Å². The number of thioether (sulfide) groups is 1. The van der Waals surface area contributed by atoms with Gasteiger partial charge in [0.25, 0.3) is 0 Å². The molecule has 0 heterocycles. The van der Waals surface area contributed by atoms with Crippen molar-refractivity contribution in [2.75, 3.05) is 19.3 Å². The van der Waals surface area contributed by atoms with Crippen LogP contribution in [0.4, 0.5) is 0 Å². The molecule has 0 rings (SSSR count). The van der Waals surface area contributed by atoms with Gasteiger partial charge in [-0.05, 0) is 24.5 Å². The normalized spacial score (nSPS) is 12.5.